The average Bonchev–Trinajstić information content (AvgIpc) is 3.19. The Balaban J connectivity index is 1.62. The van der Waals surface area contributed by atoms with Gasteiger partial charge in [-0.2, -0.15) is 4.98 Å². The smallest absolute Gasteiger partial charge is 0.240 e. The molecule has 1 aliphatic rings. The van der Waals surface area contributed by atoms with E-state index in [4.69, 9.17) is 4.52 Å². The van der Waals surface area contributed by atoms with Gasteiger partial charge in [0, 0.05) is 6.42 Å². The molecule has 0 aromatic carbocycles. The van der Waals surface area contributed by atoms with Crippen LogP contribution in [-0.4, -0.2) is 44.2 Å². The van der Waals surface area contributed by atoms with Crippen LogP contribution in [0.3, 0.4) is 0 Å². The van der Waals surface area contributed by atoms with E-state index in [0.29, 0.717) is 23.4 Å². The van der Waals surface area contributed by atoms with Gasteiger partial charge in [0.25, 0.3) is 0 Å². The molecule has 2 aromatic rings. The number of hydrogen-bond donors (Lipinski definition) is 1. The van der Waals surface area contributed by atoms with Crippen molar-refractivity contribution >= 4 is 22.4 Å². The van der Waals surface area contributed by atoms with Crippen molar-refractivity contribution in [2.24, 2.45) is 0 Å². The predicted octanol–water partition coefficient (Wildman–Crippen LogP) is 1.57. The summed E-state index contributed by atoms with van der Waals surface area (Å²) in [5, 5.41) is 16.0. The number of nitrogens with zero attached hydrogens (tertiary/aromatic N) is 5. The lowest BCUT2D eigenvalue weighted by molar-refractivity contribution is -0.117. The summed E-state index contributed by atoms with van der Waals surface area (Å²) in [6, 6.07) is 0.0472. The first-order valence-corrected chi connectivity index (χ1v) is 8.14. The molecule has 1 fully saturated rings. The molecule has 0 saturated carbocycles. The first kappa shape index (κ1) is 15.0. The van der Waals surface area contributed by atoms with E-state index in [9.17, 15) is 4.79 Å². The highest BCUT2D eigenvalue weighted by Crippen LogP contribution is 2.29. The van der Waals surface area contributed by atoms with E-state index in [-0.39, 0.29) is 11.9 Å². The van der Waals surface area contributed by atoms with E-state index in [2.05, 4.69) is 30.6 Å². The molecule has 1 amide bonds. The van der Waals surface area contributed by atoms with Gasteiger partial charge in [-0.25, -0.2) is 0 Å². The molecule has 0 bridgehead atoms. The van der Waals surface area contributed by atoms with Crippen LogP contribution in [0.25, 0.3) is 0 Å². The number of hydrogen-bond acceptors (Lipinski definition) is 8. The maximum atomic E-state index is 12.1. The lowest BCUT2D eigenvalue weighted by atomic mass is 10.2. The highest BCUT2D eigenvalue weighted by Gasteiger charge is 2.31. The number of carbonyl (C=O) groups excluding carboxylic acids is 1. The quantitative estimate of drug-likeness (QED) is 0.892. The molecule has 0 aliphatic carbocycles. The van der Waals surface area contributed by atoms with Crippen LogP contribution < -0.4 is 5.32 Å². The minimum Gasteiger partial charge on any atom is -0.339 e. The van der Waals surface area contributed by atoms with Crippen molar-refractivity contribution in [2.45, 2.75) is 39.2 Å². The van der Waals surface area contributed by atoms with Crippen LogP contribution >= 0.6 is 11.3 Å². The van der Waals surface area contributed by atoms with Crippen molar-refractivity contribution < 1.29 is 9.32 Å². The third-order valence-corrected chi connectivity index (χ3v) is 4.32. The maximum absolute atomic E-state index is 12.1. The summed E-state index contributed by atoms with van der Waals surface area (Å²) in [4.78, 5) is 18.6. The van der Waals surface area contributed by atoms with Gasteiger partial charge in [0.2, 0.25) is 16.9 Å². The largest absolute Gasteiger partial charge is 0.339 e. The number of aromatic nitrogens is 4. The van der Waals surface area contributed by atoms with Crippen LogP contribution in [0.2, 0.25) is 0 Å². The number of rotatable bonds is 5. The van der Waals surface area contributed by atoms with Crippen molar-refractivity contribution in [3.05, 3.63) is 16.7 Å². The van der Waals surface area contributed by atoms with E-state index in [1.54, 1.807) is 0 Å². The van der Waals surface area contributed by atoms with Gasteiger partial charge in [-0.1, -0.05) is 23.4 Å². The Bertz CT molecular complexity index is 655. The van der Waals surface area contributed by atoms with Crippen molar-refractivity contribution in [3.63, 3.8) is 0 Å². The van der Waals surface area contributed by atoms with Gasteiger partial charge in [0.1, 0.15) is 5.01 Å². The summed E-state index contributed by atoms with van der Waals surface area (Å²) in [5.74, 6) is 1.21. The summed E-state index contributed by atoms with van der Waals surface area (Å²) in [6.07, 6.45) is 2.68. The minimum absolute atomic E-state index is 0.0472. The van der Waals surface area contributed by atoms with Gasteiger partial charge >= 0.3 is 0 Å². The van der Waals surface area contributed by atoms with Gasteiger partial charge in [-0.3, -0.25) is 15.0 Å². The van der Waals surface area contributed by atoms with Crippen molar-refractivity contribution in [1.29, 1.82) is 0 Å². The van der Waals surface area contributed by atoms with Crippen LogP contribution in [0.15, 0.2) is 4.52 Å². The molecule has 2 aromatic heterocycles. The van der Waals surface area contributed by atoms with E-state index < -0.39 is 0 Å². The summed E-state index contributed by atoms with van der Waals surface area (Å²) < 4.78 is 5.17. The fourth-order valence-corrected chi connectivity index (χ4v) is 3.15. The molecule has 8 nitrogen and oxygen atoms in total. The van der Waals surface area contributed by atoms with Crippen LogP contribution in [-0.2, 0) is 11.2 Å². The first-order chi connectivity index (χ1) is 10.7. The van der Waals surface area contributed by atoms with E-state index in [1.807, 2.05) is 13.8 Å². The number of carbonyl (C=O) groups is 1. The molecule has 0 unspecified atom stereocenters. The minimum atomic E-state index is -0.0951. The predicted molar refractivity (Wildman–Crippen MR) is 80.5 cm³/mol. The maximum Gasteiger partial charge on any atom is 0.240 e. The van der Waals surface area contributed by atoms with E-state index in [1.165, 1.54) is 11.3 Å². The van der Waals surface area contributed by atoms with Crippen LogP contribution in [0.5, 0.6) is 0 Å². The first-order valence-electron chi connectivity index (χ1n) is 7.32. The number of nitrogens with one attached hydrogen (secondary N) is 1. The molecule has 118 valence electrons. The molecule has 1 saturated heterocycles. The second-order valence-electron chi connectivity index (χ2n) is 5.20. The summed E-state index contributed by atoms with van der Waals surface area (Å²) in [7, 11) is 0. The number of anilines is 1. The third kappa shape index (κ3) is 3.30. The van der Waals surface area contributed by atoms with Crippen molar-refractivity contribution in [2.75, 3.05) is 18.4 Å². The molecule has 0 radical (unpaired) electrons. The monoisotopic (exact) mass is 322 g/mol. The normalized spacial score (nSPS) is 18.7. The average molecular weight is 322 g/mol. The second-order valence-corrected chi connectivity index (χ2v) is 6.38. The Hall–Kier alpha value is -1.87. The lowest BCUT2D eigenvalue weighted by Gasteiger charge is -2.20. The zero-order valence-corrected chi connectivity index (χ0v) is 13.4. The lowest BCUT2D eigenvalue weighted by Crippen LogP contribution is -2.33. The Morgan fingerprint density at radius 1 is 1.50 bits per heavy atom. The standard InChI is InChI=1S/C13H18N6O2S/c1-3-11-15-12(18-21-11)9-5-4-6-19(9)7-10(20)14-13-17-16-8(2)22-13/h9H,3-7H2,1-2H3,(H,14,17,20)/t9-/m0/s1. The van der Waals surface area contributed by atoms with Crippen LogP contribution in [0, 0.1) is 6.92 Å². The van der Waals surface area contributed by atoms with Gasteiger partial charge in [0.15, 0.2) is 5.82 Å². The summed E-state index contributed by atoms with van der Waals surface area (Å²) in [6.45, 7) is 4.97. The highest BCUT2D eigenvalue weighted by atomic mass is 32.1. The van der Waals surface area contributed by atoms with Crippen LogP contribution in [0.1, 0.15) is 42.5 Å². The molecule has 3 rings (SSSR count). The Morgan fingerprint density at radius 3 is 3.05 bits per heavy atom. The molecular formula is C13H18N6O2S. The summed E-state index contributed by atoms with van der Waals surface area (Å²) >= 11 is 1.37. The molecule has 9 heteroatoms. The SMILES string of the molecule is CCc1nc([C@@H]2CCCN2CC(=O)Nc2nnc(C)s2)no1. The van der Waals surface area contributed by atoms with Gasteiger partial charge < -0.3 is 4.52 Å². The molecule has 0 spiro atoms. The van der Waals surface area contributed by atoms with E-state index >= 15 is 0 Å². The Morgan fingerprint density at radius 2 is 2.36 bits per heavy atom. The van der Waals surface area contributed by atoms with Gasteiger partial charge in [0.05, 0.1) is 12.6 Å². The molecule has 1 N–H and O–H groups in total. The van der Waals surface area contributed by atoms with E-state index in [0.717, 1.165) is 30.8 Å². The fraction of sp³-hybridized carbons (Fsp3) is 0.615. The molecule has 22 heavy (non-hydrogen) atoms. The van der Waals surface area contributed by atoms with Gasteiger partial charge in [-0.15, -0.1) is 10.2 Å². The highest BCUT2D eigenvalue weighted by molar-refractivity contribution is 7.15. The van der Waals surface area contributed by atoms with Crippen molar-refractivity contribution in [1.82, 2.24) is 25.2 Å². The zero-order valence-electron chi connectivity index (χ0n) is 12.6. The molecule has 1 atom stereocenters. The number of amides is 1. The third-order valence-electron chi connectivity index (χ3n) is 3.57. The summed E-state index contributed by atoms with van der Waals surface area (Å²) in [5.41, 5.74) is 0. The number of aryl methyl sites for hydroxylation is 2. The van der Waals surface area contributed by atoms with Crippen molar-refractivity contribution in [3.8, 4) is 0 Å². The Labute approximate surface area is 131 Å². The molecular weight excluding hydrogens is 304 g/mol. The Kier molecular flexibility index (Phi) is 4.44. The van der Waals surface area contributed by atoms with Gasteiger partial charge in [-0.05, 0) is 26.3 Å². The fourth-order valence-electron chi connectivity index (χ4n) is 2.55. The van der Waals surface area contributed by atoms with Crippen LogP contribution in [0.4, 0.5) is 5.13 Å². The molecule has 1 aliphatic heterocycles. The molecule has 3 heterocycles. The number of likely N-dealkylation sites (tertiary alicyclic amines) is 1. The zero-order chi connectivity index (χ0) is 15.5. The topological polar surface area (TPSA) is 97.0 Å². The second kappa shape index (κ2) is 6.49.